The lowest BCUT2D eigenvalue weighted by Gasteiger charge is -2.21. The lowest BCUT2D eigenvalue weighted by molar-refractivity contribution is 0.584. The van der Waals surface area contributed by atoms with Crippen LogP contribution < -0.4 is 0 Å². The number of hydrogen-bond donors (Lipinski definition) is 0. The Labute approximate surface area is 144 Å². The monoisotopic (exact) mass is 332 g/mol. The van der Waals surface area contributed by atoms with Gasteiger partial charge >= 0.3 is 0 Å². The molecule has 0 saturated carbocycles. The summed E-state index contributed by atoms with van der Waals surface area (Å²) in [5.41, 5.74) is 6.57. The van der Waals surface area contributed by atoms with Crippen LogP contribution in [0.4, 0.5) is 4.39 Å². The molecule has 0 radical (unpaired) electrons. The minimum atomic E-state index is -0.463. The van der Waals surface area contributed by atoms with E-state index >= 15 is 0 Å². The molecule has 124 valence electrons. The summed E-state index contributed by atoms with van der Waals surface area (Å²) in [4.78, 5) is 8.77. The number of halogens is 1. The van der Waals surface area contributed by atoms with E-state index in [2.05, 4.69) is 22.2 Å². The Hall–Kier alpha value is -2.82. The fraction of sp³-hybridized carbons (Fsp3) is 0.250. The molecule has 5 heteroatoms. The maximum absolute atomic E-state index is 13.2. The van der Waals surface area contributed by atoms with Gasteiger partial charge in [0.15, 0.2) is 0 Å². The Morgan fingerprint density at radius 2 is 1.84 bits per heavy atom. The van der Waals surface area contributed by atoms with E-state index in [9.17, 15) is 4.39 Å². The number of aryl methyl sites for hydroxylation is 2. The van der Waals surface area contributed by atoms with Crippen molar-refractivity contribution >= 4 is 21.8 Å². The fourth-order valence-electron chi connectivity index (χ4n) is 4.01. The second kappa shape index (κ2) is 5.34. The van der Waals surface area contributed by atoms with Crippen molar-refractivity contribution in [3.63, 3.8) is 0 Å². The lowest BCUT2D eigenvalue weighted by atomic mass is 9.86. The number of pyridine rings is 2. The quantitative estimate of drug-likeness (QED) is 0.491. The standard InChI is InChI=1S/C20H17FN4/c1-25-17-8-7-16-19(15(17)11-23-25)13-4-2-3-5-14(13)20(24-16)12-6-9-18(21)22-10-12/h6-11H,2-5H2,1H3. The average Bonchev–Trinajstić information content (AvgIpc) is 3.03. The molecule has 4 nitrogen and oxygen atoms in total. The molecule has 5 rings (SSSR count). The van der Waals surface area contributed by atoms with E-state index in [4.69, 9.17) is 4.98 Å². The summed E-state index contributed by atoms with van der Waals surface area (Å²) in [5.74, 6) is -0.463. The van der Waals surface area contributed by atoms with Crippen molar-refractivity contribution in [2.24, 2.45) is 7.05 Å². The van der Waals surface area contributed by atoms with Gasteiger partial charge in [-0.3, -0.25) is 4.68 Å². The second-order valence-corrected chi connectivity index (χ2v) is 6.65. The summed E-state index contributed by atoms with van der Waals surface area (Å²) < 4.78 is 15.1. The molecule has 1 aliphatic carbocycles. The van der Waals surface area contributed by atoms with Gasteiger partial charge in [-0.05, 0) is 61.1 Å². The lowest BCUT2D eigenvalue weighted by Crippen LogP contribution is -2.08. The summed E-state index contributed by atoms with van der Waals surface area (Å²) in [6, 6.07) is 7.31. The van der Waals surface area contributed by atoms with Gasteiger partial charge < -0.3 is 0 Å². The SMILES string of the molecule is Cn1ncc2c3c4c(c(-c5ccc(F)nc5)nc3ccc21)CCCC4. The Bertz CT molecular complexity index is 1110. The van der Waals surface area contributed by atoms with Gasteiger partial charge in [-0.25, -0.2) is 9.97 Å². The first kappa shape index (κ1) is 14.5. The molecule has 1 aliphatic rings. The van der Waals surface area contributed by atoms with E-state index < -0.39 is 5.95 Å². The Morgan fingerprint density at radius 1 is 1.00 bits per heavy atom. The zero-order chi connectivity index (χ0) is 17.0. The van der Waals surface area contributed by atoms with Crippen LogP contribution in [-0.2, 0) is 19.9 Å². The van der Waals surface area contributed by atoms with E-state index in [0.717, 1.165) is 46.9 Å². The molecule has 3 aromatic heterocycles. The first-order chi connectivity index (χ1) is 12.2. The van der Waals surface area contributed by atoms with Crippen LogP contribution in [-0.4, -0.2) is 19.7 Å². The number of rotatable bonds is 1. The predicted octanol–water partition coefficient (Wildman–Crippen LogP) is 4.20. The van der Waals surface area contributed by atoms with Gasteiger partial charge in [0.1, 0.15) is 0 Å². The number of hydrogen-bond acceptors (Lipinski definition) is 3. The van der Waals surface area contributed by atoms with Gasteiger partial charge in [0.25, 0.3) is 0 Å². The third-order valence-electron chi connectivity index (χ3n) is 5.20. The number of nitrogens with zero attached hydrogens (tertiary/aromatic N) is 4. The largest absolute Gasteiger partial charge is 0.268 e. The fourth-order valence-corrected chi connectivity index (χ4v) is 4.01. The molecule has 0 fully saturated rings. The number of aromatic nitrogens is 4. The first-order valence-corrected chi connectivity index (χ1v) is 8.60. The highest BCUT2D eigenvalue weighted by atomic mass is 19.1. The molecule has 0 spiro atoms. The number of fused-ring (bicyclic) bond motifs is 5. The van der Waals surface area contributed by atoms with Crippen LogP contribution in [0.25, 0.3) is 33.1 Å². The zero-order valence-corrected chi connectivity index (χ0v) is 14.0. The molecular formula is C20H17FN4. The van der Waals surface area contributed by atoms with Gasteiger partial charge in [-0.1, -0.05) is 0 Å². The topological polar surface area (TPSA) is 43.6 Å². The molecule has 0 bridgehead atoms. The summed E-state index contributed by atoms with van der Waals surface area (Å²) in [5, 5.41) is 6.81. The van der Waals surface area contributed by atoms with E-state index in [1.165, 1.54) is 29.0 Å². The smallest absolute Gasteiger partial charge is 0.212 e. The molecule has 0 saturated heterocycles. The molecule has 0 unspecified atom stereocenters. The molecule has 25 heavy (non-hydrogen) atoms. The average molecular weight is 332 g/mol. The third-order valence-corrected chi connectivity index (χ3v) is 5.20. The van der Waals surface area contributed by atoms with Crippen LogP contribution >= 0.6 is 0 Å². The zero-order valence-electron chi connectivity index (χ0n) is 14.0. The van der Waals surface area contributed by atoms with Crippen LogP contribution in [0.2, 0.25) is 0 Å². The molecule has 0 atom stereocenters. The van der Waals surface area contributed by atoms with E-state index in [0.29, 0.717) is 0 Å². The predicted molar refractivity (Wildman–Crippen MR) is 95.8 cm³/mol. The summed E-state index contributed by atoms with van der Waals surface area (Å²) in [6.45, 7) is 0. The van der Waals surface area contributed by atoms with E-state index in [1.54, 1.807) is 12.3 Å². The summed E-state index contributed by atoms with van der Waals surface area (Å²) in [7, 11) is 1.96. The highest BCUT2D eigenvalue weighted by Crippen LogP contribution is 2.37. The molecular weight excluding hydrogens is 315 g/mol. The second-order valence-electron chi connectivity index (χ2n) is 6.65. The van der Waals surface area contributed by atoms with Crippen molar-refractivity contribution in [2.45, 2.75) is 25.7 Å². The van der Waals surface area contributed by atoms with Crippen LogP contribution in [0.15, 0.2) is 36.7 Å². The number of benzene rings is 1. The van der Waals surface area contributed by atoms with Crippen molar-refractivity contribution in [1.82, 2.24) is 19.7 Å². The van der Waals surface area contributed by atoms with Crippen molar-refractivity contribution in [1.29, 1.82) is 0 Å². The molecule has 0 aliphatic heterocycles. The Kier molecular flexibility index (Phi) is 3.10. The molecule has 0 amide bonds. The van der Waals surface area contributed by atoms with Gasteiger partial charge in [0.05, 0.1) is 22.9 Å². The highest BCUT2D eigenvalue weighted by Gasteiger charge is 2.21. The van der Waals surface area contributed by atoms with E-state index in [-0.39, 0.29) is 0 Å². The summed E-state index contributed by atoms with van der Waals surface area (Å²) in [6.07, 6.45) is 7.91. The maximum atomic E-state index is 13.2. The van der Waals surface area contributed by atoms with Gasteiger partial charge in [-0.2, -0.15) is 9.49 Å². The van der Waals surface area contributed by atoms with Gasteiger partial charge in [-0.15, -0.1) is 0 Å². The minimum absolute atomic E-state index is 0.463. The third kappa shape index (κ3) is 2.15. The van der Waals surface area contributed by atoms with Crippen molar-refractivity contribution in [3.8, 4) is 11.3 Å². The van der Waals surface area contributed by atoms with Crippen LogP contribution in [0.1, 0.15) is 24.0 Å². The highest BCUT2D eigenvalue weighted by molar-refractivity contribution is 6.07. The van der Waals surface area contributed by atoms with Crippen LogP contribution in [0.5, 0.6) is 0 Å². The molecule has 1 aromatic carbocycles. The minimum Gasteiger partial charge on any atom is -0.268 e. The first-order valence-electron chi connectivity index (χ1n) is 8.60. The Balaban J connectivity index is 1.88. The Morgan fingerprint density at radius 3 is 2.64 bits per heavy atom. The molecule has 3 heterocycles. The normalized spacial score (nSPS) is 14.2. The maximum Gasteiger partial charge on any atom is 0.212 e. The summed E-state index contributed by atoms with van der Waals surface area (Å²) >= 11 is 0. The van der Waals surface area contributed by atoms with Crippen LogP contribution in [0.3, 0.4) is 0 Å². The van der Waals surface area contributed by atoms with Gasteiger partial charge in [0.2, 0.25) is 5.95 Å². The molecule has 4 aromatic rings. The van der Waals surface area contributed by atoms with Gasteiger partial charge in [0, 0.05) is 29.6 Å². The van der Waals surface area contributed by atoms with Crippen molar-refractivity contribution < 1.29 is 4.39 Å². The van der Waals surface area contributed by atoms with E-state index in [1.807, 2.05) is 17.9 Å². The van der Waals surface area contributed by atoms with Crippen molar-refractivity contribution in [2.75, 3.05) is 0 Å². The molecule has 0 N–H and O–H groups in total. The van der Waals surface area contributed by atoms with Crippen LogP contribution in [0, 0.1) is 5.95 Å². The van der Waals surface area contributed by atoms with Crippen molar-refractivity contribution in [3.05, 3.63) is 53.7 Å².